The van der Waals surface area contributed by atoms with Crippen molar-refractivity contribution in [2.75, 3.05) is 18.1 Å². The molecule has 1 aromatic heterocycles. The van der Waals surface area contributed by atoms with Crippen LogP contribution in [0, 0.1) is 5.92 Å². The number of aromatic nitrogens is 1. The lowest BCUT2D eigenvalue weighted by molar-refractivity contribution is 0.0519. The zero-order chi connectivity index (χ0) is 13.1. The number of hydrogen-bond acceptors (Lipinski definition) is 5. The molecule has 5 heteroatoms. The standard InChI is InChI=1S/C13H20N2O3/c1-4-17-12(16)10-8-18-13(14-10)15-7-5-6-11(15)9(2)3/h8-9,11H,4-7H2,1-3H3. The van der Waals surface area contributed by atoms with Crippen molar-refractivity contribution in [2.24, 2.45) is 5.92 Å². The van der Waals surface area contributed by atoms with E-state index < -0.39 is 5.97 Å². The summed E-state index contributed by atoms with van der Waals surface area (Å²) in [6.07, 6.45) is 3.66. The average molecular weight is 252 g/mol. The smallest absolute Gasteiger partial charge is 0.360 e. The Labute approximate surface area is 107 Å². The van der Waals surface area contributed by atoms with Crippen molar-refractivity contribution in [3.63, 3.8) is 0 Å². The summed E-state index contributed by atoms with van der Waals surface area (Å²) >= 11 is 0. The van der Waals surface area contributed by atoms with Crippen LogP contribution in [0.3, 0.4) is 0 Å². The van der Waals surface area contributed by atoms with Crippen molar-refractivity contribution >= 4 is 12.0 Å². The second-order valence-electron chi connectivity index (χ2n) is 4.88. The van der Waals surface area contributed by atoms with Crippen LogP contribution in [0.15, 0.2) is 10.7 Å². The molecule has 0 saturated carbocycles. The molecule has 1 aliphatic heterocycles. The van der Waals surface area contributed by atoms with Gasteiger partial charge >= 0.3 is 5.97 Å². The van der Waals surface area contributed by atoms with Crippen LogP contribution in [0.2, 0.25) is 0 Å². The number of hydrogen-bond donors (Lipinski definition) is 0. The molecule has 1 aromatic rings. The molecule has 0 aromatic carbocycles. The van der Waals surface area contributed by atoms with Gasteiger partial charge in [-0.05, 0) is 25.7 Å². The fourth-order valence-electron chi connectivity index (χ4n) is 2.42. The summed E-state index contributed by atoms with van der Waals surface area (Å²) in [7, 11) is 0. The molecule has 2 heterocycles. The van der Waals surface area contributed by atoms with Gasteiger partial charge in [0.1, 0.15) is 6.26 Å². The van der Waals surface area contributed by atoms with Gasteiger partial charge in [0.15, 0.2) is 5.69 Å². The molecule has 1 atom stereocenters. The van der Waals surface area contributed by atoms with Crippen LogP contribution in [0.4, 0.5) is 6.01 Å². The number of ether oxygens (including phenoxy) is 1. The Balaban J connectivity index is 2.12. The maximum atomic E-state index is 11.5. The summed E-state index contributed by atoms with van der Waals surface area (Å²) in [6.45, 7) is 7.44. The van der Waals surface area contributed by atoms with Crippen LogP contribution in [0.1, 0.15) is 44.1 Å². The largest absolute Gasteiger partial charge is 0.461 e. The zero-order valence-electron chi connectivity index (χ0n) is 11.2. The summed E-state index contributed by atoms with van der Waals surface area (Å²) < 4.78 is 10.3. The molecule has 5 nitrogen and oxygen atoms in total. The molecular formula is C13H20N2O3. The van der Waals surface area contributed by atoms with Gasteiger partial charge in [0.05, 0.1) is 6.61 Å². The van der Waals surface area contributed by atoms with Gasteiger partial charge in [0, 0.05) is 12.6 Å². The van der Waals surface area contributed by atoms with Gasteiger partial charge < -0.3 is 14.1 Å². The van der Waals surface area contributed by atoms with Crippen molar-refractivity contribution < 1.29 is 13.9 Å². The summed E-state index contributed by atoms with van der Waals surface area (Å²) in [6, 6.07) is 0.980. The molecule has 0 amide bonds. The molecule has 2 rings (SSSR count). The van der Waals surface area contributed by atoms with E-state index in [9.17, 15) is 4.79 Å². The maximum absolute atomic E-state index is 11.5. The Bertz CT molecular complexity index is 414. The van der Waals surface area contributed by atoms with E-state index >= 15 is 0 Å². The molecule has 0 N–H and O–H groups in total. The highest BCUT2D eigenvalue weighted by Crippen LogP contribution is 2.29. The Morgan fingerprint density at radius 2 is 2.44 bits per heavy atom. The summed E-state index contributed by atoms with van der Waals surface area (Å²) in [5.74, 6) is 0.123. The summed E-state index contributed by atoms with van der Waals surface area (Å²) in [4.78, 5) is 17.9. The van der Waals surface area contributed by atoms with Gasteiger partial charge in [-0.15, -0.1) is 0 Å². The molecule has 1 saturated heterocycles. The third-order valence-corrected chi connectivity index (χ3v) is 3.29. The Kier molecular flexibility index (Phi) is 3.89. The Morgan fingerprint density at radius 3 is 3.11 bits per heavy atom. The highest BCUT2D eigenvalue weighted by Gasteiger charge is 2.30. The predicted octanol–water partition coefficient (Wildman–Crippen LogP) is 2.48. The molecule has 0 spiro atoms. The van der Waals surface area contributed by atoms with Crippen molar-refractivity contribution in [3.8, 4) is 0 Å². The van der Waals surface area contributed by atoms with E-state index in [4.69, 9.17) is 9.15 Å². The van der Waals surface area contributed by atoms with Gasteiger partial charge in [-0.2, -0.15) is 4.98 Å². The first-order valence-electron chi connectivity index (χ1n) is 6.52. The van der Waals surface area contributed by atoms with Crippen molar-refractivity contribution in [2.45, 2.75) is 39.7 Å². The first-order valence-corrected chi connectivity index (χ1v) is 6.52. The number of carbonyl (C=O) groups excluding carboxylic acids is 1. The van der Waals surface area contributed by atoms with Gasteiger partial charge in [-0.3, -0.25) is 0 Å². The molecule has 0 aliphatic carbocycles. The highest BCUT2D eigenvalue weighted by atomic mass is 16.5. The SMILES string of the molecule is CCOC(=O)c1coc(N2CCCC2C(C)C)n1. The van der Waals surface area contributed by atoms with E-state index in [0.717, 1.165) is 19.4 Å². The number of nitrogens with zero attached hydrogens (tertiary/aromatic N) is 2. The topological polar surface area (TPSA) is 55.6 Å². The molecule has 0 bridgehead atoms. The average Bonchev–Trinajstić information content (AvgIpc) is 2.98. The first kappa shape index (κ1) is 12.9. The summed E-state index contributed by atoms with van der Waals surface area (Å²) in [5.41, 5.74) is 0.251. The van der Waals surface area contributed by atoms with E-state index in [1.807, 2.05) is 0 Å². The number of anilines is 1. The highest BCUT2D eigenvalue weighted by molar-refractivity contribution is 5.87. The lowest BCUT2D eigenvalue weighted by Crippen LogP contribution is -2.33. The zero-order valence-corrected chi connectivity index (χ0v) is 11.2. The third kappa shape index (κ3) is 2.49. The van der Waals surface area contributed by atoms with Crippen LogP contribution in [-0.4, -0.2) is 30.1 Å². The van der Waals surface area contributed by atoms with E-state index in [1.54, 1.807) is 6.92 Å². The normalized spacial score (nSPS) is 19.6. The second-order valence-corrected chi connectivity index (χ2v) is 4.88. The van der Waals surface area contributed by atoms with Crippen LogP contribution in [0.25, 0.3) is 0 Å². The van der Waals surface area contributed by atoms with Crippen LogP contribution >= 0.6 is 0 Å². The van der Waals surface area contributed by atoms with Crippen molar-refractivity contribution in [1.29, 1.82) is 0 Å². The van der Waals surface area contributed by atoms with Gasteiger partial charge in [0.25, 0.3) is 6.01 Å². The molecule has 18 heavy (non-hydrogen) atoms. The molecular weight excluding hydrogens is 232 g/mol. The minimum absolute atomic E-state index is 0.251. The molecule has 1 aliphatic rings. The van der Waals surface area contributed by atoms with E-state index in [2.05, 4.69) is 23.7 Å². The summed E-state index contributed by atoms with van der Waals surface area (Å²) in [5, 5.41) is 0. The van der Waals surface area contributed by atoms with Crippen LogP contribution in [0.5, 0.6) is 0 Å². The number of oxazole rings is 1. The Hall–Kier alpha value is -1.52. The molecule has 100 valence electrons. The lowest BCUT2D eigenvalue weighted by Gasteiger charge is -2.25. The minimum atomic E-state index is -0.423. The predicted molar refractivity (Wildman–Crippen MR) is 67.7 cm³/mol. The van der Waals surface area contributed by atoms with Gasteiger partial charge in [-0.25, -0.2) is 4.79 Å². The van der Waals surface area contributed by atoms with Crippen LogP contribution < -0.4 is 4.90 Å². The van der Waals surface area contributed by atoms with E-state index in [0.29, 0.717) is 24.6 Å². The fraction of sp³-hybridized carbons (Fsp3) is 0.692. The Morgan fingerprint density at radius 1 is 1.67 bits per heavy atom. The lowest BCUT2D eigenvalue weighted by atomic mass is 10.0. The minimum Gasteiger partial charge on any atom is -0.461 e. The monoisotopic (exact) mass is 252 g/mol. The van der Waals surface area contributed by atoms with E-state index in [-0.39, 0.29) is 5.69 Å². The number of carbonyl (C=O) groups is 1. The van der Waals surface area contributed by atoms with Crippen LogP contribution in [-0.2, 0) is 4.74 Å². The second kappa shape index (κ2) is 5.42. The molecule has 1 fully saturated rings. The number of esters is 1. The first-order chi connectivity index (χ1) is 8.63. The molecule has 0 radical (unpaired) electrons. The maximum Gasteiger partial charge on any atom is 0.360 e. The fourth-order valence-corrected chi connectivity index (χ4v) is 2.42. The number of rotatable bonds is 4. The van der Waals surface area contributed by atoms with Crippen molar-refractivity contribution in [1.82, 2.24) is 4.98 Å². The van der Waals surface area contributed by atoms with Gasteiger partial charge in [0.2, 0.25) is 0 Å². The van der Waals surface area contributed by atoms with E-state index in [1.165, 1.54) is 6.26 Å². The quantitative estimate of drug-likeness (QED) is 0.770. The van der Waals surface area contributed by atoms with Gasteiger partial charge in [-0.1, -0.05) is 13.8 Å². The van der Waals surface area contributed by atoms with Crippen molar-refractivity contribution in [3.05, 3.63) is 12.0 Å². The third-order valence-electron chi connectivity index (χ3n) is 3.29. The molecule has 1 unspecified atom stereocenters.